The standard InChI is InChI=1S/C22H19N3OS2/c1-17(20-14-8-9-15-23-20)24-25-21(26)16-22(27-18-10-4-2-5-11-18)28-19-12-6-3-7-13-19/h2-16H,1H3,(H,25,26)/b24-17+. The van der Waals surface area contributed by atoms with Crippen molar-refractivity contribution in [1.29, 1.82) is 0 Å². The van der Waals surface area contributed by atoms with E-state index in [2.05, 4.69) is 15.5 Å². The van der Waals surface area contributed by atoms with Crippen LogP contribution in [0.4, 0.5) is 0 Å². The van der Waals surface area contributed by atoms with Gasteiger partial charge in [-0.1, -0.05) is 66.0 Å². The maximum Gasteiger partial charge on any atom is 0.265 e. The molecule has 0 fully saturated rings. The summed E-state index contributed by atoms with van der Waals surface area (Å²) < 4.78 is 0.862. The number of hydrogen-bond acceptors (Lipinski definition) is 5. The molecular formula is C22H19N3OS2. The summed E-state index contributed by atoms with van der Waals surface area (Å²) in [5.41, 5.74) is 3.96. The van der Waals surface area contributed by atoms with Crippen molar-refractivity contribution < 1.29 is 4.79 Å². The molecule has 1 amide bonds. The predicted molar refractivity (Wildman–Crippen MR) is 117 cm³/mol. The minimum atomic E-state index is -0.280. The molecule has 1 heterocycles. The van der Waals surface area contributed by atoms with Gasteiger partial charge in [-0.05, 0) is 43.3 Å². The van der Waals surface area contributed by atoms with Gasteiger partial charge in [-0.15, -0.1) is 0 Å². The Kier molecular flexibility index (Phi) is 7.46. The number of rotatable bonds is 7. The van der Waals surface area contributed by atoms with Gasteiger partial charge in [0.2, 0.25) is 0 Å². The number of nitrogens with zero attached hydrogens (tertiary/aromatic N) is 2. The van der Waals surface area contributed by atoms with Crippen molar-refractivity contribution in [3.05, 3.63) is 101 Å². The number of nitrogens with one attached hydrogen (secondary N) is 1. The van der Waals surface area contributed by atoms with E-state index >= 15 is 0 Å². The first-order valence-electron chi connectivity index (χ1n) is 8.64. The number of carbonyl (C=O) groups is 1. The summed E-state index contributed by atoms with van der Waals surface area (Å²) in [5.74, 6) is -0.280. The Hall–Kier alpha value is -2.83. The van der Waals surface area contributed by atoms with E-state index in [9.17, 15) is 4.79 Å². The second-order valence-electron chi connectivity index (χ2n) is 5.68. The number of aromatic nitrogens is 1. The van der Waals surface area contributed by atoms with Gasteiger partial charge in [-0.3, -0.25) is 9.78 Å². The third kappa shape index (κ3) is 6.40. The Morgan fingerprint density at radius 3 is 2.00 bits per heavy atom. The second-order valence-corrected chi connectivity index (χ2v) is 8.17. The summed E-state index contributed by atoms with van der Waals surface area (Å²) >= 11 is 3.09. The first-order valence-corrected chi connectivity index (χ1v) is 10.3. The van der Waals surface area contributed by atoms with Gasteiger partial charge < -0.3 is 0 Å². The zero-order chi connectivity index (χ0) is 19.6. The van der Waals surface area contributed by atoms with Crippen LogP contribution in [0, 0.1) is 0 Å². The maximum absolute atomic E-state index is 12.4. The summed E-state index contributed by atoms with van der Waals surface area (Å²) in [7, 11) is 0. The molecule has 3 rings (SSSR count). The Balaban J connectivity index is 1.74. The molecule has 3 aromatic rings. The molecule has 0 aliphatic rings. The summed E-state index contributed by atoms with van der Waals surface area (Å²) in [5, 5.41) is 4.15. The molecule has 6 heteroatoms. The van der Waals surface area contributed by atoms with Crippen molar-refractivity contribution in [1.82, 2.24) is 10.4 Å². The van der Waals surface area contributed by atoms with Gasteiger partial charge in [-0.25, -0.2) is 5.43 Å². The van der Waals surface area contributed by atoms with Crippen LogP contribution in [0.3, 0.4) is 0 Å². The largest absolute Gasteiger partial charge is 0.268 e. The number of pyridine rings is 1. The van der Waals surface area contributed by atoms with Gasteiger partial charge in [0, 0.05) is 22.1 Å². The highest BCUT2D eigenvalue weighted by atomic mass is 32.2. The summed E-state index contributed by atoms with van der Waals surface area (Å²) in [4.78, 5) is 18.8. The van der Waals surface area contributed by atoms with Crippen LogP contribution in [-0.2, 0) is 4.79 Å². The predicted octanol–water partition coefficient (Wildman–Crippen LogP) is 5.35. The normalized spacial score (nSPS) is 11.0. The fraction of sp³-hybridized carbons (Fsp3) is 0.0455. The molecule has 0 atom stereocenters. The van der Waals surface area contributed by atoms with E-state index in [-0.39, 0.29) is 5.91 Å². The van der Waals surface area contributed by atoms with Crippen LogP contribution >= 0.6 is 23.5 Å². The molecule has 0 radical (unpaired) electrons. The molecule has 1 N–H and O–H groups in total. The average Bonchev–Trinajstić information content (AvgIpc) is 2.74. The molecule has 0 spiro atoms. The third-order valence-electron chi connectivity index (χ3n) is 3.54. The van der Waals surface area contributed by atoms with Crippen LogP contribution in [0.25, 0.3) is 0 Å². The molecule has 2 aromatic carbocycles. The molecule has 1 aromatic heterocycles. The SMILES string of the molecule is C/C(=N\NC(=O)C=C(Sc1ccccc1)Sc1ccccc1)c1ccccn1. The van der Waals surface area contributed by atoms with Crippen LogP contribution in [0.5, 0.6) is 0 Å². The Morgan fingerprint density at radius 1 is 0.893 bits per heavy atom. The fourth-order valence-corrected chi connectivity index (χ4v) is 4.33. The number of hydrazone groups is 1. The topological polar surface area (TPSA) is 54.4 Å². The third-order valence-corrected chi connectivity index (χ3v) is 5.70. The maximum atomic E-state index is 12.4. The summed E-state index contributed by atoms with van der Waals surface area (Å²) in [6.07, 6.45) is 3.27. The smallest absolute Gasteiger partial charge is 0.265 e. The van der Waals surface area contributed by atoms with E-state index < -0.39 is 0 Å². The molecule has 0 aliphatic heterocycles. The minimum absolute atomic E-state index is 0.280. The number of thioether (sulfide) groups is 2. The summed E-state index contributed by atoms with van der Waals surface area (Å²) in [6, 6.07) is 25.5. The van der Waals surface area contributed by atoms with E-state index in [0.29, 0.717) is 5.71 Å². The highest BCUT2D eigenvalue weighted by Crippen LogP contribution is 2.38. The number of amides is 1. The molecule has 0 bridgehead atoms. The van der Waals surface area contributed by atoms with Crippen molar-refractivity contribution in [2.75, 3.05) is 0 Å². The molecule has 28 heavy (non-hydrogen) atoms. The van der Waals surface area contributed by atoms with E-state index in [1.165, 1.54) is 0 Å². The van der Waals surface area contributed by atoms with Crippen LogP contribution in [0.15, 0.2) is 110 Å². The van der Waals surface area contributed by atoms with Crippen molar-refractivity contribution in [3.8, 4) is 0 Å². The fourth-order valence-electron chi connectivity index (χ4n) is 2.20. The van der Waals surface area contributed by atoms with Crippen LogP contribution in [-0.4, -0.2) is 16.6 Å². The molecule has 140 valence electrons. The molecule has 0 saturated carbocycles. The number of hydrogen-bond donors (Lipinski definition) is 1. The van der Waals surface area contributed by atoms with Gasteiger partial charge in [0.15, 0.2) is 0 Å². The molecular weight excluding hydrogens is 386 g/mol. The highest BCUT2D eigenvalue weighted by Gasteiger charge is 2.07. The van der Waals surface area contributed by atoms with Crippen LogP contribution < -0.4 is 5.43 Å². The lowest BCUT2D eigenvalue weighted by Gasteiger charge is -2.07. The first-order chi connectivity index (χ1) is 13.7. The lowest BCUT2D eigenvalue weighted by atomic mass is 10.3. The van der Waals surface area contributed by atoms with Gasteiger partial charge in [0.25, 0.3) is 5.91 Å². The Bertz CT molecular complexity index is 915. The van der Waals surface area contributed by atoms with Crippen molar-refractivity contribution >= 4 is 35.1 Å². The van der Waals surface area contributed by atoms with Crippen LogP contribution in [0.2, 0.25) is 0 Å². The Morgan fingerprint density at radius 2 is 1.46 bits per heavy atom. The Labute approximate surface area is 173 Å². The van der Waals surface area contributed by atoms with E-state index in [1.54, 1.807) is 35.8 Å². The second kappa shape index (κ2) is 10.5. The number of benzene rings is 2. The zero-order valence-corrected chi connectivity index (χ0v) is 16.9. The van der Waals surface area contributed by atoms with Crippen molar-refractivity contribution in [2.45, 2.75) is 16.7 Å². The van der Waals surface area contributed by atoms with Crippen molar-refractivity contribution in [3.63, 3.8) is 0 Å². The van der Waals surface area contributed by atoms with Gasteiger partial charge >= 0.3 is 0 Å². The van der Waals surface area contributed by atoms with Crippen LogP contribution in [0.1, 0.15) is 12.6 Å². The quantitative estimate of drug-likeness (QED) is 0.249. The van der Waals surface area contributed by atoms with Gasteiger partial charge in [0.1, 0.15) is 0 Å². The van der Waals surface area contributed by atoms with Gasteiger partial charge in [-0.2, -0.15) is 5.10 Å². The van der Waals surface area contributed by atoms with E-state index in [1.807, 2.05) is 85.8 Å². The lowest BCUT2D eigenvalue weighted by molar-refractivity contribution is -0.116. The monoisotopic (exact) mass is 405 g/mol. The minimum Gasteiger partial charge on any atom is -0.268 e. The summed E-state index contributed by atoms with van der Waals surface area (Å²) in [6.45, 7) is 1.81. The highest BCUT2D eigenvalue weighted by molar-refractivity contribution is 8.22. The molecule has 0 aliphatic carbocycles. The zero-order valence-electron chi connectivity index (χ0n) is 15.3. The molecule has 0 unspecified atom stereocenters. The van der Waals surface area contributed by atoms with Gasteiger partial charge in [0.05, 0.1) is 15.6 Å². The first kappa shape index (κ1) is 19.9. The lowest BCUT2D eigenvalue weighted by Crippen LogP contribution is -2.17. The van der Waals surface area contributed by atoms with E-state index in [4.69, 9.17) is 0 Å². The van der Waals surface area contributed by atoms with E-state index in [0.717, 1.165) is 19.7 Å². The van der Waals surface area contributed by atoms with Crippen molar-refractivity contribution in [2.24, 2.45) is 5.10 Å². The molecule has 0 saturated heterocycles. The molecule has 4 nitrogen and oxygen atoms in total. The number of carbonyl (C=O) groups excluding carboxylic acids is 1. The average molecular weight is 406 g/mol.